The number of carbonyl (C=O) groups is 1. The van der Waals surface area contributed by atoms with Crippen molar-refractivity contribution >= 4 is 39.9 Å². The number of nitrogens with zero attached hydrogens (tertiary/aromatic N) is 2. The van der Waals surface area contributed by atoms with Gasteiger partial charge in [0.1, 0.15) is 0 Å². The summed E-state index contributed by atoms with van der Waals surface area (Å²) in [5.41, 5.74) is 0.448. The normalized spacial score (nSPS) is 16.9. The van der Waals surface area contributed by atoms with Gasteiger partial charge in [0.25, 0.3) is 11.6 Å². The molecular formula is C14H19BrClN3O3. The maximum Gasteiger partial charge on any atom is 0.270 e. The monoisotopic (exact) mass is 391 g/mol. The number of benzene rings is 1. The van der Waals surface area contributed by atoms with Gasteiger partial charge in [0, 0.05) is 35.7 Å². The molecular weight excluding hydrogens is 374 g/mol. The number of hydrogen-bond acceptors (Lipinski definition) is 4. The molecule has 6 nitrogen and oxygen atoms in total. The van der Waals surface area contributed by atoms with Gasteiger partial charge in [-0.15, -0.1) is 12.4 Å². The molecule has 22 heavy (non-hydrogen) atoms. The smallest absolute Gasteiger partial charge is 0.270 e. The number of nitro benzene ring substituents is 1. The summed E-state index contributed by atoms with van der Waals surface area (Å²) in [5, 5.41) is 14.0. The van der Waals surface area contributed by atoms with Crippen molar-refractivity contribution in [1.29, 1.82) is 0 Å². The highest BCUT2D eigenvalue weighted by Crippen LogP contribution is 2.25. The standard InChI is InChI=1S/C14H18BrN3O3.ClH/c1-2-7-17(11-5-6-16-9-11)14(19)12-4-3-10(18(20)21)8-13(12)15;/h3-4,8,11,16H,2,5-7,9H2,1H3;1H. The van der Waals surface area contributed by atoms with Crippen LogP contribution in [0, 0.1) is 10.1 Å². The SMILES string of the molecule is CCCN(C(=O)c1ccc([N+](=O)[O-])cc1Br)C1CCNC1.Cl. The van der Waals surface area contributed by atoms with Crippen LogP contribution in [0.5, 0.6) is 0 Å². The fourth-order valence-corrected chi connectivity index (χ4v) is 3.08. The van der Waals surface area contributed by atoms with Gasteiger partial charge >= 0.3 is 0 Å². The minimum atomic E-state index is -0.469. The van der Waals surface area contributed by atoms with Crippen LogP contribution in [-0.4, -0.2) is 41.4 Å². The maximum absolute atomic E-state index is 12.7. The molecule has 122 valence electrons. The quantitative estimate of drug-likeness (QED) is 0.617. The number of carbonyl (C=O) groups excluding carboxylic acids is 1. The zero-order chi connectivity index (χ0) is 15.4. The summed E-state index contributed by atoms with van der Waals surface area (Å²) in [7, 11) is 0. The maximum atomic E-state index is 12.7. The van der Waals surface area contributed by atoms with Gasteiger partial charge in [-0.05, 0) is 41.4 Å². The predicted molar refractivity (Wildman–Crippen MR) is 90.6 cm³/mol. The number of halogens is 2. The fraction of sp³-hybridized carbons (Fsp3) is 0.500. The van der Waals surface area contributed by atoms with Crippen LogP contribution in [-0.2, 0) is 0 Å². The Labute approximate surface area is 143 Å². The van der Waals surface area contributed by atoms with Gasteiger partial charge in [0.2, 0.25) is 0 Å². The Kier molecular flexibility index (Phi) is 7.25. The molecule has 1 aromatic rings. The van der Waals surface area contributed by atoms with Gasteiger partial charge in [-0.25, -0.2) is 0 Å². The minimum absolute atomic E-state index is 0. The number of hydrogen-bond donors (Lipinski definition) is 1. The predicted octanol–water partition coefficient (Wildman–Crippen LogP) is 2.99. The highest BCUT2D eigenvalue weighted by molar-refractivity contribution is 9.10. The number of nitrogens with one attached hydrogen (secondary N) is 1. The van der Waals surface area contributed by atoms with Crippen molar-refractivity contribution in [1.82, 2.24) is 10.2 Å². The topological polar surface area (TPSA) is 75.5 Å². The van der Waals surface area contributed by atoms with Crippen LogP contribution in [0.2, 0.25) is 0 Å². The van der Waals surface area contributed by atoms with Gasteiger partial charge in [0.05, 0.1) is 10.5 Å². The minimum Gasteiger partial charge on any atom is -0.334 e. The van der Waals surface area contributed by atoms with Gasteiger partial charge in [-0.1, -0.05) is 6.92 Å². The third-order valence-electron chi connectivity index (χ3n) is 3.59. The van der Waals surface area contributed by atoms with Crippen molar-refractivity contribution in [3.63, 3.8) is 0 Å². The summed E-state index contributed by atoms with van der Waals surface area (Å²) < 4.78 is 0.466. The molecule has 1 aromatic carbocycles. The molecule has 1 atom stereocenters. The average molecular weight is 393 g/mol. The summed E-state index contributed by atoms with van der Waals surface area (Å²) in [6.45, 7) is 4.44. The highest BCUT2D eigenvalue weighted by atomic mass is 79.9. The first kappa shape index (κ1) is 18.9. The lowest BCUT2D eigenvalue weighted by Crippen LogP contribution is -2.42. The number of nitro groups is 1. The summed E-state index contributed by atoms with van der Waals surface area (Å²) >= 11 is 3.28. The van der Waals surface area contributed by atoms with E-state index in [9.17, 15) is 14.9 Å². The molecule has 8 heteroatoms. The van der Waals surface area contributed by atoms with Gasteiger partial charge in [-0.2, -0.15) is 0 Å². The van der Waals surface area contributed by atoms with Crippen molar-refractivity contribution in [3.05, 3.63) is 38.3 Å². The molecule has 1 unspecified atom stereocenters. The van der Waals surface area contributed by atoms with E-state index in [-0.39, 0.29) is 30.0 Å². The van der Waals surface area contributed by atoms with E-state index in [1.807, 2.05) is 11.8 Å². The summed E-state index contributed by atoms with van der Waals surface area (Å²) in [4.78, 5) is 24.9. The molecule has 0 spiro atoms. The van der Waals surface area contributed by atoms with E-state index in [2.05, 4.69) is 21.2 Å². The first-order chi connectivity index (χ1) is 10.0. The van der Waals surface area contributed by atoms with Crippen LogP contribution < -0.4 is 5.32 Å². The van der Waals surface area contributed by atoms with Crippen LogP contribution >= 0.6 is 28.3 Å². The second-order valence-corrected chi connectivity index (χ2v) is 5.92. The summed E-state index contributed by atoms with van der Waals surface area (Å²) in [6, 6.07) is 4.47. The van der Waals surface area contributed by atoms with E-state index in [1.165, 1.54) is 18.2 Å². The average Bonchev–Trinajstić information content (AvgIpc) is 2.97. The van der Waals surface area contributed by atoms with Crippen LogP contribution in [0.25, 0.3) is 0 Å². The highest BCUT2D eigenvalue weighted by Gasteiger charge is 2.28. The number of rotatable bonds is 5. The van der Waals surface area contributed by atoms with E-state index in [0.717, 1.165) is 25.9 Å². The third-order valence-corrected chi connectivity index (χ3v) is 4.25. The van der Waals surface area contributed by atoms with Crippen LogP contribution in [0.3, 0.4) is 0 Å². The number of non-ortho nitro benzene ring substituents is 1. The largest absolute Gasteiger partial charge is 0.334 e. The fourth-order valence-electron chi connectivity index (χ4n) is 2.54. The molecule has 0 aromatic heterocycles. The van der Waals surface area contributed by atoms with Gasteiger partial charge in [0.15, 0.2) is 0 Å². The Morgan fingerprint density at radius 2 is 2.27 bits per heavy atom. The number of amides is 1. The van der Waals surface area contributed by atoms with E-state index >= 15 is 0 Å². The molecule has 1 amide bonds. The molecule has 0 bridgehead atoms. The second kappa shape index (κ2) is 8.45. The van der Waals surface area contributed by atoms with E-state index in [4.69, 9.17) is 0 Å². The Balaban J connectivity index is 0.00000242. The molecule has 1 N–H and O–H groups in total. The zero-order valence-corrected chi connectivity index (χ0v) is 14.7. The second-order valence-electron chi connectivity index (χ2n) is 5.07. The van der Waals surface area contributed by atoms with Crippen molar-refractivity contribution in [3.8, 4) is 0 Å². The van der Waals surface area contributed by atoms with E-state index in [1.54, 1.807) is 0 Å². The van der Waals surface area contributed by atoms with Crippen LogP contribution in [0.1, 0.15) is 30.1 Å². The van der Waals surface area contributed by atoms with E-state index in [0.29, 0.717) is 16.6 Å². The third kappa shape index (κ3) is 4.18. The molecule has 1 aliphatic heterocycles. The Morgan fingerprint density at radius 3 is 2.77 bits per heavy atom. The lowest BCUT2D eigenvalue weighted by molar-refractivity contribution is -0.384. The van der Waals surface area contributed by atoms with E-state index < -0.39 is 4.92 Å². The first-order valence-electron chi connectivity index (χ1n) is 7.00. The molecule has 0 saturated carbocycles. The summed E-state index contributed by atoms with van der Waals surface area (Å²) in [5.74, 6) is -0.0766. The lowest BCUT2D eigenvalue weighted by atomic mass is 10.1. The summed E-state index contributed by atoms with van der Waals surface area (Å²) in [6.07, 6.45) is 1.82. The Hall–Kier alpha value is -1.18. The molecule has 1 saturated heterocycles. The van der Waals surface area contributed by atoms with Crippen molar-refractivity contribution in [2.45, 2.75) is 25.8 Å². The first-order valence-corrected chi connectivity index (χ1v) is 7.79. The Morgan fingerprint density at radius 1 is 1.55 bits per heavy atom. The molecule has 1 heterocycles. The van der Waals surface area contributed by atoms with Crippen molar-refractivity contribution in [2.24, 2.45) is 0 Å². The van der Waals surface area contributed by atoms with Crippen molar-refractivity contribution in [2.75, 3.05) is 19.6 Å². The van der Waals surface area contributed by atoms with Crippen LogP contribution in [0.15, 0.2) is 22.7 Å². The van der Waals surface area contributed by atoms with Gasteiger partial charge in [-0.3, -0.25) is 14.9 Å². The molecule has 0 aliphatic carbocycles. The van der Waals surface area contributed by atoms with Crippen LogP contribution in [0.4, 0.5) is 5.69 Å². The molecule has 1 fully saturated rings. The van der Waals surface area contributed by atoms with Gasteiger partial charge < -0.3 is 10.2 Å². The molecule has 1 aliphatic rings. The Bertz CT molecular complexity index is 550. The van der Waals surface area contributed by atoms with Crippen molar-refractivity contribution < 1.29 is 9.72 Å². The molecule has 2 rings (SSSR count). The zero-order valence-electron chi connectivity index (χ0n) is 12.3. The lowest BCUT2D eigenvalue weighted by Gasteiger charge is -2.28. The molecule has 0 radical (unpaired) electrons.